The van der Waals surface area contributed by atoms with Gasteiger partial charge in [0.2, 0.25) is 0 Å². The highest BCUT2D eigenvalue weighted by Crippen LogP contribution is 2.23. The zero-order valence-corrected chi connectivity index (χ0v) is 9.20. The van der Waals surface area contributed by atoms with E-state index in [1.165, 1.54) is 12.3 Å². The van der Waals surface area contributed by atoms with Crippen LogP contribution in [-0.2, 0) is 11.2 Å². The van der Waals surface area contributed by atoms with Gasteiger partial charge in [-0.05, 0) is 30.7 Å². The Kier molecular flexibility index (Phi) is 2.91. The Labute approximate surface area is 97.1 Å². The van der Waals surface area contributed by atoms with E-state index in [1.54, 1.807) is 19.1 Å². The third kappa shape index (κ3) is 2.33. The van der Waals surface area contributed by atoms with E-state index in [4.69, 9.17) is 5.11 Å². The quantitative estimate of drug-likeness (QED) is 0.855. The van der Waals surface area contributed by atoms with E-state index in [0.717, 1.165) is 5.56 Å². The van der Waals surface area contributed by atoms with Crippen LogP contribution in [0.4, 0.5) is 4.39 Å². The van der Waals surface area contributed by atoms with Gasteiger partial charge in [-0.25, -0.2) is 4.39 Å². The maximum atomic E-state index is 13.1. The molecule has 0 spiro atoms. The average Bonchev–Trinajstić information content (AvgIpc) is 2.69. The second-order valence-electron chi connectivity index (χ2n) is 3.80. The number of nitrogens with zero attached hydrogens (tertiary/aromatic N) is 1. The third-order valence-corrected chi connectivity index (χ3v) is 2.51. The number of carbonyl (C=O) groups is 1. The number of carboxylic acid groups (broad SMARTS) is 1. The topological polar surface area (TPSA) is 66.0 Å². The highest BCUT2D eigenvalue weighted by molar-refractivity contribution is 5.74. The number of nitrogens with one attached hydrogen (secondary N) is 1. The van der Waals surface area contributed by atoms with Gasteiger partial charge in [-0.2, -0.15) is 5.10 Å². The lowest BCUT2D eigenvalue weighted by Crippen LogP contribution is -2.00. The highest BCUT2D eigenvalue weighted by atomic mass is 19.1. The smallest absolute Gasteiger partial charge is 0.307 e. The molecule has 1 heterocycles. The lowest BCUT2D eigenvalue weighted by Gasteiger charge is -2.03. The summed E-state index contributed by atoms with van der Waals surface area (Å²) in [7, 11) is 0. The van der Waals surface area contributed by atoms with E-state index in [0.29, 0.717) is 16.8 Å². The van der Waals surface area contributed by atoms with Crippen LogP contribution in [0.1, 0.15) is 11.1 Å². The van der Waals surface area contributed by atoms with Crippen LogP contribution >= 0.6 is 0 Å². The van der Waals surface area contributed by atoms with E-state index >= 15 is 0 Å². The van der Waals surface area contributed by atoms with Crippen molar-refractivity contribution in [2.75, 3.05) is 0 Å². The second kappa shape index (κ2) is 4.37. The first-order chi connectivity index (χ1) is 8.08. The van der Waals surface area contributed by atoms with Gasteiger partial charge in [-0.1, -0.05) is 0 Å². The fourth-order valence-electron chi connectivity index (χ4n) is 1.66. The van der Waals surface area contributed by atoms with Gasteiger partial charge in [-0.15, -0.1) is 0 Å². The number of aromatic amines is 1. The number of aliphatic carboxylic acids is 1. The number of aryl methyl sites for hydroxylation is 1. The molecule has 0 fully saturated rings. The average molecular weight is 234 g/mol. The number of benzene rings is 1. The molecule has 88 valence electrons. The number of aromatic nitrogens is 2. The molecule has 0 aliphatic carbocycles. The molecule has 4 nitrogen and oxygen atoms in total. The van der Waals surface area contributed by atoms with E-state index in [-0.39, 0.29) is 12.2 Å². The molecule has 17 heavy (non-hydrogen) atoms. The summed E-state index contributed by atoms with van der Waals surface area (Å²) < 4.78 is 13.1. The van der Waals surface area contributed by atoms with Crippen LogP contribution in [0.3, 0.4) is 0 Å². The van der Waals surface area contributed by atoms with Crippen LogP contribution in [0.2, 0.25) is 0 Å². The summed E-state index contributed by atoms with van der Waals surface area (Å²) in [4.78, 5) is 10.7. The first-order valence-electron chi connectivity index (χ1n) is 5.08. The molecule has 1 aromatic carbocycles. The molecule has 0 bridgehead atoms. The van der Waals surface area contributed by atoms with Gasteiger partial charge >= 0.3 is 5.97 Å². The van der Waals surface area contributed by atoms with Gasteiger partial charge in [-0.3, -0.25) is 9.89 Å². The lowest BCUT2D eigenvalue weighted by molar-refractivity contribution is -0.136. The summed E-state index contributed by atoms with van der Waals surface area (Å²) in [5.74, 6) is -1.21. The Hall–Kier alpha value is -2.17. The Morgan fingerprint density at radius 3 is 2.94 bits per heavy atom. The minimum Gasteiger partial charge on any atom is -0.481 e. The minimum atomic E-state index is -0.925. The normalized spacial score (nSPS) is 10.5. The van der Waals surface area contributed by atoms with E-state index in [1.807, 2.05) is 0 Å². The lowest BCUT2D eigenvalue weighted by atomic mass is 10.0. The second-order valence-corrected chi connectivity index (χ2v) is 3.80. The first kappa shape index (κ1) is 11.3. The largest absolute Gasteiger partial charge is 0.481 e. The third-order valence-electron chi connectivity index (χ3n) is 2.51. The molecule has 1 aromatic heterocycles. The van der Waals surface area contributed by atoms with Crippen LogP contribution in [0.5, 0.6) is 0 Å². The van der Waals surface area contributed by atoms with Gasteiger partial charge in [0, 0.05) is 11.1 Å². The molecule has 0 saturated heterocycles. The van der Waals surface area contributed by atoms with Crippen molar-refractivity contribution < 1.29 is 14.3 Å². The minimum absolute atomic E-state index is 0.109. The SMILES string of the molecule is Cc1cc(-c2[nH]ncc2CC(=O)O)ccc1F. The molecule has 0 saturated carbocycles. The Balaban J connectivity index is 2.42. The van der Waals surface area contributed by atoms with Crippen molar-refractivity contribution in [1.29, 1.82) is 0 Å². The van der Waals surface area contributed by atoms with Crippen molar-refractivity contribution in [3.05, 3.63) is 41.3 Å². The van der Waals surface area contributed by atoms with Crippen molar-refractivity contribution in [2.45, 2.75) is 13.3 Å². The highest BCUT2D eigenvalue weighted by Gasteiger charge is 2.11. The Morgan fingerprint density at radius 2 is 2.29 bits per heavy atom. The number of hydrogen-bond donors (Lipinski definition) is 2. The molecule has 2 N–H and O–H groups in total. The molecule has 0 aliphatic rings. The summed E-state index contributed by atoms with van der Waals surface area (Å²) >= 11 is 0. The Morgan fingerprint density at radius 1 is 1.53 bits per heavy atom. The monoisotopic (exact) mass is 234 g/mol. The molecule has 2 rings (SSSR count). The zero-order valence-electron chi connectivity index (χ0n) is 9.20. The summed E-state index contributed by atoms with van der Waals surface area (Å²) in [6.07, 6.45) is 1.37. The predicted molar refractivity (Wildman–Crippen MR) is 60.1 cm³/mol. The maximum absolute atomic E-state index is 13.1. The number of halogens is 1. The molecule has 0 unspecified atom stereocenters. The van der Waals surface area contributed by atoms with Crippen molar-refractivity contribution in [3.63, 3.8) is 0 Å². The molecular weight excluding hydrogens is 223 g/mol. The van der Waals surface area contributed by atoms with Gasteiger partial charge in [0.25, 0.3) is 0 Å². The fraction of sp³-hybridized carbons (Fsp3) is 0.167. The summed E-state index contributed by atoms with van der Waals surface area (Å²) in [5, 5.41) is 15.3. The first-order valence-corrected chi connectivity index (χ1v) is 5.08. The summed E-state index contributed by atoms with van der Waals surface area (Å²) in [6, 6.07) is 4.62. The van der Waals surface area contributed by atoms with Crippen molar-refractivity contribution >= 4 is 5.97 Å². The summed E-state index contributed by atoms with van der Waals surface area (Å²) in [5.41, 5.74) is 2.45. The molecular formula is C12H11FN2O2. The number of rotatable bonds is 3. The predicted octanol–water partition coefficient (Wildman–Crippen LogP) is 2.15. The molecule has 5 heteroatoms. The molecule has 0 amide bonds. The molecule has 2 aromatic rings. The van der Waals surface area contributed by atoms with Crippen molar-refractivity contribution in [2.24, 2.45) is 0 Å². The standard InChI is InChI=1S/C12H11FN2O2/c1-7-4-8(2-3-10(7)13)12-9(5-11(16)17)6-14-15-12/h2-4,6H,5H2,1H3,(H,14,15)(H,16,17). The van der Waals surface area contributed by atoms with Crippen molar-refractivity contribution in [1.82, 2.24) is 10.2 Å². The number of hydrogen-bond acceptors (Lipinski definition) is 2. The van der Waals surface area contributed by atoms with Crippen LogP contribution < -0.4 is 0 Å². The molecule has 0 aliphatic heterocycles. The Bertz CT molecular complexity index is 563. The van der Waals surface area contributed by atoms with E-state index in [9.17, 15) is 9.18 Å². The zero-order chi connectivity index (χ0) is 12.4. The van der Waals surface area contributed by atoms with E-state index < -0.39 is 5.97 Å². The number of H-pyrrole nitrogens is 1. The van der Waals surface area contributed by atoms with Crippen molar-refractivity contribution in [3.8, 4) is 11.3 Å². The fourth-order valence-corrected chi connectivity index (χ4v) is 1.66. The molecule has 0 atom stereocenters. The number of carboxylic acids is 1. The van der Waals surface area contributed by atoms with Gasteiger partial charge < -0.3 is 5.11 Å². The van der Waals surface area contributed by atoms with Gasteiger partial charge in [0.05, 0.1) is 18.3 Å². The summed E-state index contributed by atoms with van der Waals surface area (Å²) in [6.45, 7) is 1.66. The van der Waals surface area contributed by atoms with Crippen LogP contribution in [0.15, 0.2) is 24.4 Å². The van der Waals surface area contributed by atoms with Crippen LogP contribution in [-0.4, -0.2) is 21.3 Å². The molecule has 0 radical (unpaired) electrons. The van der Waals surface area contributed by atoms with Crippen LogP contribution in [0.25, 0.3) is 11.3 Å². The van der Waals surface area contributed by atoms with E-state index in [2.05, 4.69) is 10.2 Å². The maximum Gasteiger partial charge on any atom is 0.307 e. The van der Waals surface area contributed by atoms with Gasteiger partial charge in [0.15, 0.2) is 0 Å². The van der Waals surface area contributed by atoms with Crippen LogP contribution in [0, 0.1) is 12.7 Å². The van der Waals surface area contributed by atoms with Gasteiger partial charge in [0.1, 0.15) is 5.82 Å².